The Morgan fingerprint density at radius 1 is 1.22 bits per heavy atom. The topological polar surface area (TPSA) is 37.9 Å². The highest BCUT2D eigenvalue weighted by Crippen LogP contribution is 2.20. The van der Waals surface area contributed by atoms with Crippen LogP contribution in [0.5, 0.6) is 0 Å². The first-order chi connectivity index (χ1) is 11.3. The number of benzene rings is 1. The maximum atomic E-state index is 12.6. The molecule has 1 N–H and O–H groups in total. The summed E-state index contributed by atoms with van der Waals surface area (Å²) in [5.41, 5.74) is 2.17. The van der Waals surface area contributed by atoms with E-state index in [4.69, 9.17) is 4.42 Å². The monoisotopic (exact) mass is 327 g/mol. The largest absolute Gasteiger partial charge is 0.451 e. The quantitative estimate of drug-likeness (QED) is 0.799. The van der Waals surface area contributed by atoms with Crippen molar-refractivity contribution in [1.82, 2.24) is 4.90 Å². The van der Waals surface area contributed by atoms with Crippen molar-refractivity contribution < 1.29 is 14.1 Å². The molecular formula is C18H19N2O2S+. The molecule has 2 aromatic heterocycles. The third kappa shape index (κ3) is 3.02. The van der Waals surface area contributed by atoms with E-state index in [-0.39, 0.29) is 5.91 Å². The maximum Gasteiger partial charge on any atom is 0.290 e. The van der Waals surface area contributed by atoms with Crippen molar-refractivity contribution in [2.24, 2.45) is 0 Å². The lowest BCUT2D eigenvalue weighted by Crippen LogP contribution is -3.13. The summed E-state index contributed by atoms with van der Waals surface area (Å²) in [6.45, 7) is 4.60. The van der Waals surface area contributed by atoms with Crippen molar-refractivity contribution in [1.29, 1.82) is 0 Å². The van der Waals surface area contributed by atoms with E-state index in [1.54, 1.807) is 11.3 Å². The molecule has 1 aromatic carbocycles. The number of hydrogen-bond donors (Lipinski definition) is 1. The number of rotatable bonds is 3. The van der Waals surface area contributed by atoms with Crippen molar-refractivity contribution in [2.45, 2.75) is 6.54 Å². The first-order valence-corrected chi connectivity index (χ1v) is 8.86. The van der Waals surface area contributed by atoms with Crippen LogP contribution >= 0.6 is 11.3 Å². The molecule has 1 aliphatic rings. The van der Waals surface area contributed by atoms with Gasteiger partial charge in [-0.05, 0) is 29.0 Å². The molecule has 3 aromatic rings. The average molecular weight is 327 g/mol. The second-order valence-corrected chi connectivity index (χ2v) is 6.78. The van der Waals surface area contributed by atoms with E-state index in [0.717, 1.165) is 43.7 Å². The highest BCUT2D eigenvalue weighted by atomic mass is 32.1. The van der Waals surface area contributed by atoms with Gasteiger partial charge in [0.15, 0.2) is 5.76 Å². The van der Waals surface area contributed by atoms with Crippen molar-refractivity contribution in [3.05, 3.63) is 58.5 Å². The summed E-state index contributed by atoms with van der Waals surface area (Å²) in [5, 5.41) is 5.31. The van der Waals surface area contributed by atoms with Crippen LogP contribution in [0.4, 0.5) is 0 Å². The maximum absolute atomic E-state index is 12.6. The number of amides is 1. The molecule has 1 aliphatic heterocycles. The van der Waals surface area contributed by atoms with Crippen molar-refractivity contribution >= 4 is 28.2 Å². The minimum atomic E-state index is 0.00998. The second-order valence-electron chi connectivity index (χ2n) is 6.00. The van der Waals surface area contributed by atoms with Crippen LogP contribution < -0.4 is 4.90 Å². The third-order valence-corrected chi connectivity index (χ3v) is 5.16. The molecule has 118 valence electrons. The van der Waals surface area contributed by atoms with Gasteiger partial charge in [0.1, 0.15) is 12.1 Å². The number of carbonyl (C=O) groups is 1. The van der Waals surface area contributed by atoms with E-state index in [9.17, 15) is 4.79 Å². The fourth-order valence-corrected chi connectivity index (χ4v) is 3.80. The summed E-state index contributed by atoms with van der Waals surface area (Å²) in [6, 6.07) is 11.8. The van der Waals surface area contributed by atoms with Crippen LogP contribution in [0, 0.1) is 0 Å². The van der Waals surface area contributed by atoms with Crippen LogP contribution in [-0.4, -0.2) is 37.0 Å². The van der Waals surface area contributed by atoms with E-state index in [1.165, 1.54) is 10.5 Å². The summed E-state index contributed by atoms with van der Waals surface area (Å²) in [5.74, 6) is 0.461. The zero-order chi connectivity index (χ0) is 15.6. The van der Waals surface area contributed by atoms with Crippen LogP contribution in [0.15, 0.2) is 51.6 Å². The Balaban J connectivity index is 1.40. The Labute approximate surface area is 138 Å². The second kappa shape index (κ2) is 6.18. The first-order valence-electron chi connectivity index (χ1n) is 7.92. The third-order valence-electron chi connectivity index (χ3n) is 4.43. The molecule has 1 amide bonds. The Hall–Kier alpha value is -2.11. The number of hydrogen-bond acceptors (Lipinski definition) is 3. The molecule has 3 heterocycles. The molecule has 0 bridgehead atoms. The lowest BCUT2D eigenvalue weighted by molar-refractivity contribution is -0.917. The van der Waals surface area contributed by atoms with Gasteiger partial charge in [-0.3, -0.25) is 4.79 Å². The van der Waals surface area contributed by atoms with Gasteiger partial charge < -0.3 is 14.2 Å². The molecule has 1 saturated heterocycles. The average Bonchev–Trinajstić information content (AvgIpc) is 3.24. The molecule has 0 atom stereocenters. The number of nitrogens with zero attached hydrogens (tertiary/aromatic N) is 1. The summed E-state index contributed by atoms with van der Waals surface area (Å²) in [4.78, 5) is 16.1. The van der Waals surface area contributed by atoms with Gasteiger partial charge in [-0.2, -0.15) is 11.3 Å². The summed E-state index contributed by atoms with van der Waals surface area (Å²) < 4.78 is 5.70. The molecule has 23 heavy (non-hydrogen) atoms. The van der Waals surface area contributed by atoms with Gasteiger partial charge in [-0.25, -0.2) is 0 Å². The van der Waals surface area contributed by atoms with Crippen LogP contribution in [0.25, 0.3) is 11.0 Å². The highest BCUT2D eigenvalue weighted by Gasteiger charge is 2.26. The summed E-state index contributed by atoms with van der Waals surface area (Å²) in [7, 11) is 0. The summed E-state index contributed by atoms with van der Waals surface area (Å²) >= 11 is 1.74. The van der Waals surface area contributed by atoms with Gasteiger partial charge in [0, 0.05) is 10.9 Å². The molecule has 0 saturated carbocycles. The van der Waals surface area contributed by atoms with Crippen molar-refractivity contribution in [2.75, 3.05) is 26.2 Å². The normalized spacial score (nSPS) is 16.1. The van der Waals surface area contributed by atoms with Gasteiger partial charge in [-0.15, -0.1) is 0 Å². The predicted octanol–water partition coefficient (Wildman–Crippen LogP) is 2.04. The van der Waals surface area contributed by atoms with E-state index in [1.807, 2.05) is 35.2 Å². The molecule has 0 unspecified atom stereocenters. The van der Waals surface area contributed by atoms with E-state index < -0.39 is 0 Å². The number of furan rings is 1. The number of thiophene rings is 1. The molecule has 4 nitrogen and oxygen atoms in total. The number of piperazine rings is 1. The Bertz CT molecular complexity index is 768. The Kier molecular flexibility index (Phi) is 3.89. The smallest absolute Gasteiger partial charge is 0.290 e. The molecule has 1 fully saturated rings. The van der Waals surface area contributed by atoms with Crippen molar-refractivity contribution in [3.8, 4) is 0 Å². The van der Waals surface area contributed by atoms with Crippen molar-refractivity contribution in [3.63, 3.8) is 0 Å². The molecule has 0 aliphatic carbocycles. The van der Waals surface area contributed by atoms with Crippen LogP contribution in [0.3, 0.4) is 0 Å². The van der Waals surface area contributed by atoms with Gasteiger partial charge in [-0.1, -0.05) is 18.2 Å². The fourth-order valence-electron chi connectivity index (χ4n) is 3.13. The Morgan fingerprint density at radius 3 is 2.78 bits per heavy atom. The van der Waals surface area contributed by atoms with Gasteiger partial charge in [0.2, 0.25) is 0 Å². The van der Waals surface area contributed by atoms with Gasteiger partial charge >= 0.3 is 0 Å². The van der Waals surface area contributed by atoms with Gasteiger partial charge in [0.25, 0.3) is 5.91 Å². The summed E-state index contributed by atoms with van der Waals surface area (Å²) in [6.07, 6.45) is 0. The highest BCUT2D eigenvalue weighted by molar-refractivity contribution is 7.07. The lowest BCUT2D eigenvalue weighted by Gasteiger charge is -2.31. The van der Waals surface area contributed by atoms with Crippen LogP contribution in [0.1, 0.15) is 16.1 Å². The molecule has 0 spiro atoms. The number of nitrogens with one attached hydrogen (secondary N) is 1. The van der Waals surface area contributed by atoms with E-state index in [0.29, 0.717) is 5.76 Å². The van der Waals surface area contributed by atoms with E-state index >= 15 is 0 Å². The molecule has 5 heteroatoms. The first kappa shape index (κ1) is 14.5. The standard InChI is InChI=1S/C18H18N2O2S/c21-18(17-11-15-3-1-2-4-16(15)22-17)20-8-6-19(7-9-20)12-14-5-10-23-13-14/h1-5,10-11,13H,6-9,12H2/p+1. The number of quaternary nitrogens is 1. The molecule has 0 radical (unpaired) electrons. The minimum Gasteiger partial charge on any atom is -0.451 e. The van der Waals surface area contributed by atoms with Gasteiger partial charge in [0.05, 0.1) is 26.2 Å². The molecular weight excluding hydrogens is 308 g/mol. The van der Waals surface area contributed by atoms with Crippen LogP contribution in [0.2, 0.25) is 0 Å². The predicted molar refractivity (Wildman–Crippen MR) is 90.8 cm³/mol. The lowest BCUT2D eigenvalue weighted by atomic mass is 10.2. The Morgan fingerprint density at radius 2 is 2.04 bits per heavy atom. The number of para-hydroxylation sites is 1. The molecule has 4 rings (SSSR count). The zero-order valence-electron chi connectivity index (χ0n) is 12.8. The van der Waals surface area contributed by atoms with E-state index in [2.05, 4.69) is 16.8 Å². The number of fused-ring (bicyclic) bond motifs is 1. The fraction of sp³-hybridized carbons (Fsp3) is 0.278. The minimum absolute atomic E-state index is 0.00998. The zero-order valence-corrected chi connectivity index (χ0v) is 13.6. The SMILES string of the molecule is O=C(c1cc2ccccc2o1)N1CC[NH+](Cc2ccsc2)CC1. The van der Waals surface area contributed by atoms with Crippen LogP contribution in [-0.2, 0) is 6.54 Å². The number of carbonyl (C=O) groups excluding carboxylic acids is 1.